The third-order valence-electron chi connectivity index (χ3n) is 4.64. The van der Waals surface area contributed by atoms with Crippen LogP contribution in [0.25, 0.3) is 11.2 Å². The Morgan fingerprint density at radius 2 is 2.09 bits per heavy atom. The fourth-order valence-corrected chi connectivity index (χ4v) is 18.1. The predicted molar refractivity (Wildman–Crippen MR) is 129 cm³/mol. The third-order valence-corrected chi connectivity index (χ3v) is 19.6. The Kier molecular flexibility index (Phi) is 9.45. The van der Waals surface area contributed by atoms with E-state index < -0.39 is 66.3 Å². The normalized spacial score (nSPS) is 26.5. The van der Waals surface area contributed by atoms with Crippen LogP contribution in [-0.2, 0) is 23.2 Å². The van der Waals surface area contributed by atoms with Crippen LogP contribution in [0.4, 0.5) is 5.95 Å². The van der Waals surface area contributed by atoms with E-state index in [-0.39, 0.29) is 42.3 Å². The maximum atomic E-state index is 12.5. The summed E-state index contributed by atoms with van der Waals surface area (Å²) in [5, 5.41) is 23.2. The van der Waals surface area contributed by atoms with Crippen molar-refractivity contribution in [1.82, 2.24) is 24.8 Å². The molecule has 21 heteroatoms. The van der Waals surface area contributed by atoms with Crippen molar-refractivity contribution in [2.24, 2.45) is 0 Å². The highest BCUT2D eigenvalue weighted by Crippen LogP contribution is 2.87. The van der Waals surface area contributed by atoms with Crippen molar-refractivity contribution in [3.8, 4) is 0 Å². The number of aliphatic hydroxyl groups excluding tert-OH is 2. The van der Waals surface area contributed by atoms with Gasteiger partial charge in [-0.25, -0.2) is 4.98 Å². The lowest BCUT2D eigenvalue weighted by atomic mass is 10.1. The maximum absolute atomic E-state index is 12.5. The minimum Gasteiger partial charge on any atom is -0.388 e. The van der Waals surface area contributed by atoms with Crippen LogP contribution < -0.4 is 16.6 Å². The maximum Gasteiger partial charge on any atom is 0.353 e. The van der Waals surface area contributed by atoms with Gasteiger partial charge >= 0.3 is 7.28 Å². The molecule has 0 bridgehead atoms. The van der Waals surface area contributed by atoms with Crippen LogP contribution in [-0.4, -0.2) is 88.9 Å². The lowest BCUT2D eigenvalue weighted by molar-refractivity contribution is -0.118. The van der Waals surface area contributed by atoms with Gasteiger partial charge in [-0.2, -0.15) is 4.98 Å². The molecule has 0 aromatic carbocycles. The molecule has 0 aliphatic carbocycles. The molecule has 8 atom stereocenters. The number of carbonyl (C=O) groups excluding carboxylic acids is 1. The zero-order chi connectivity index (χ0) is 26.0. The first-order valence-corrected chi connectivity index (χ1v) is 18.3. The Morgan fingerprint density at radius 3 is 2.77 bits per heavy atom. The zero-order valence-corrected chi connectivity index (χ0v) is 22.2. The van der Waals surface area contributed by atoms with Crippen molar-refractivity contribution in [3.05, 3.63) is 16.7 Å². The quantitative estimate of drug-likeness (QED) is 0.0961. The van der Waals surface area contributed by atoms with E-state index in [0.29, 0.717) is 0 Å². The van der Waals surface area contributed by atoms with Crippen molar-refractivity contribution >= 4 is 64.9 Å². The summed E-state index contributed by atoms with van der Waals surface area (Å²) >= 11 is 5.30. The van der Waals surface area contributed by atoms with Gasteiger partial charge in [0.15, 0.2) is 17.4 Å². The molecule has 2 aromatic rings. The summed E-state index contributed by atoms with van der Waals surface area (Å²) in [6, 6.07) is 0. The largest absolute Gasteiger partial charge is 0.388 e. The lowest BCUT2D eigenvalue weighted by Crippen LogP contribution is -2.32. The highest BCUT2D eigenvalue weighted by Gasteiger charge is 2.45. The second-order valence-electron chi connectivity index (χ2n) is 7.20. The molecule has 1 amide bonds. The molecule has 0 saturated carbocycles. The summed E-state index contributed by atoms with van der Waals surface area (Å²) in [7, 11) is -6.60. The summed E-state index contributed by atoms with van der Waals surface area (Å²) in [5.41, 5.74) is 4.86. The molecular weight excluding hydrogens is 572 g/mol. The number of fused-ring (bicyclic) bond motifs is 1. The van der Waals surface area contributed by atoms with Gasteiger partial charge in [-0.3, -0.25) is 28.3 Å². The minimum absolute atomic E-state index is 0.000477. The number of aromatic amines is 1. The number of alkyl halides is 1. The van der Waals surface area contributed by atoms with Gasteiger partial charge in [0.05, 0.1) is 27.0 Å². The van der Waals surface area contributed by atoms with Crippen molar-refractivity contribution in [2.75, 3.05) is 30.9 Å². The molecule has 3 heterocycles. The van der Waals surface area contributed by atoms with Crippen molar-refractivity contribution < 1.29 is 43.2 Å². The Balaban J connectivity index is 1.60. The Labute approximate surface area is 205 Å². The van der Waals surface area contributed by atoms with E-state index in [0.717, 1.165) is 0 Å². The van der Waals surface area contributed by atoms with E-state index in [9.17, 15) is 38.7 Å². The van der Waals surface area contributed by atoms with Gasteiger partial charge in [0, 0.05) is 12.7 Å². The molecular formula is C14H23ClN6O10P4. The monoisotopic (exact) mass is 594 g/mol. The number of nitrogen functional groups attached to an aromatic ring is 1. The van der Waals surface area contributed by atoms with Gasteiger partial charge in [-0.1, -0.05) is 0 Å². The number of aromatic nitrogens is 4. The zero-order valence-electron chi connectivity index (χ0n) is 17.6. The predicted octanol–water partition coefficient (Wildman–Crippen LogP) is -0.750. The second-order valence-corrected chi connectivity index (χ2v) is 20.9. The fraction of sp³-hybridized carbons (Fsp3) is 0.571. The third kappa shape index (κ3) is 7.28. The molecule has 1 aliphatic heterocycles. The number of nitrogens with two attached hydrogens (primary N) is 1. The van der Waals surface area contributed by atoms with Crippen LogP contribution in [0.5, 0.6) is 0 Å². The number of hydrogen-bond acceptors (Lipinski definition) is 11. The molecule has 0 radical (unpaired) electrons. The van der Waals surface area contributed by atoms with Gasteiger partial charge < -0.3 is 40.3 Å². The van der Waals surface area contributed by atoms with Crippen LogP contribution in [0.15, 0.2) is 11.1 Å². The molecule has 196 valence electrons. The number of imidazole rings is 1. The number of carbonyl (C=O) groups is 1. The van der Waals surface area contributed by atoms with E-state index in [1.807, 2.05) is 0 Å². The topological polar surface area (TPSA) is 252 Å². The number of hydrogen-bond donors (Lipinski definition) is 7. The molecule has 16 nitrogen and oxygen atoms in total. The number of rotatable bonds is 11. The van der Waals surface area contributed by atoms with Gasteiger partial charge in [0.2, 0.25) is 18.6 Å². The van der Waals surface area contributed by atoms with Gasteiger partial charge in [0.1, 0.15) is 18.1 Å². The van der Waals surface area contributed by atoms with Crippen LogP contribution in [0.2, 0.25) is 0 Å². The minimum atomic E-state index is -4.44. The average molecular weight is 595 g/mol. The van der Waals surface area contributed by atoms with E-state index in [1.54, 1.807) is 0 Å². The molecule has 35 heavy (non-hydrogen) atoms. The number of aliphatic hydroxyl groups is 2. The summed E-state index contributed by atoms with van der Waals surface area (Å²) in [5.74, 6) is -1.00. The number of ether oxygens (including phenoxy) is 1. The number of nitrogens with zero attached hydrogens (tertiary/aromatic N) is 3. The summed E-state index contributed by atoms with van der Waals surface area (Å²) in [6.07, 6.45) is -4.36. The summed E-state index contributed by atoms with van der Waals surface area (Å²) in [4.78, 5) is 53.2. The van der Waals surface area contributed by atoms with E-state index in [1.165, 1.54) is 10.9 Å². The molecule has 8 N–H and O–H groups in total. The summed E-state index contributed by atoms with van der Waals surface area (Å²) < 4.78 is 36.3. The fourth-order valence-electron chi connectivity index (χ4n) is 3.11. The van der Waals surface area contributed by atoms with Crippen molar-refractivity contribution in [1.29, 1.82) is 0 Å². The molecule has 1 fully saturated rings. The Morgan fingerprint density at radius 1 is 1.37 bits per heavy atom. The van der Waals surface area contributed by atoms with E-state index in [4.69, 9.17) is 26.6 Å². The number of anilines is 1. The van der Waals surface area contributed by atoms with Crippen molar-refractivity contribution in [2.45, 2.75) is 24.5 Å². The second kappa shape index (κ2) is 11.6. The highest BCUT2D eigenvalue weighted by atomic mass is 35.5. The average Bonchev–Trinajstić information content (AvgIpc) is 3.30. The SMILES string of the molecule is Nc1nc2c(ncn2[C@@H]2O[C@H](CPP(=O)(O)PP(=O)(O)OCCNC(=O)CCl)[C@@H](O)[C@H]2O)c(=O)[nH]1. The number of halogens is 1. The van der Waals surface area contributed by atoms with Crippen LogP contribution in [0, 0.1) is 0 Å². The van der Waals surface area contributed by atoms with Gasteiger partial charge in [-0.05, 0) is 8.27 Å². The van der Waals surface area contributed by atoms with Crippen LogP contribution in [0.3, 0.4) is 0 Å². The first kappa shape index (κ1) is 28.6. The summed E-state index contributed by atoms with van der Waals surface area (Å²) in [6.45, 7) is -4.66. The molecule has 0 spiro atoms. The Hall–Kier alpha value is -1.01. The van der Waals surface area contributed by atoms with Gasteiger partial charge in [0.25, 0.3) is 5.56 Å². The van der Waals surface area contributed by atoms with Crippen LogP contribution in [0.1, 0.15) is 6.23 Å². The van der Waals surface area contributed by atoms with Gasteiger partial charge in [-0.15, -0.1) is 11.6 Å². The lowest BCUT2D eigenvalue weighted by Gasteiger charge is -2.19. The molecule has 4 unspecified atom stereocenters. The van der Waals surface area contributed by atoms with Crippen LogP contribution >= 0.6 is 41.9 Å². The Bertz CT molecular complexity index is 1230. The molecule has 1 saturated heterocycles. The first-order chi connectivity index (χ1) is 16.3. The first-order valence-electron chi connectivity index (χ1n) is 9.75. The number of amides is 1. The van der Waals surface area contributed by atoms with E-state index >= 15 is 0 Å². The van der Waals surface area contributed by atoms with E-state index in [2.05, 4.69) is 20.3 Å². The van der Waals surface area contributed by atoms with Crippen molar-refractivity contribution in [3.63, 3.8) is 0 Å². The number of H-pyrrole nitrogens is 1. The molecule has 2 aromatic heterocycles. The molecule has 3 rings (SSSR count). The molecule has 1 aliphatic rings. The smallest absolute Gasteiger partial charge is 0.353 e. The standard InChI is InChI=1S/C14H23ClN6O10P4/c15-3-7(22)17-1-2-30-34(26,27)33-35(28,29)32-4-6-9(23)10(24)13(31-6)21-5-18-8-11(21)19-14(16)20-12(8)25/h5-6,9-10,13,23-24,32-33H,1-4H2,(H,17,22)(H,26,27)(H,28,29)(H3,16,19,20,25)/t6-,9-,10-,13-/m1/s1. The number of nitrogens with one attached hydrogen (secondary N) is 2. The highest BCUT2D eigenvalue weighted by molar-refractivity contribution is 8.68.